The van der Waals surface area contributed by atoms with Gasteiger partial charge in [-0.05, 0) is 42.8 Å². The molecule has 0 aromatic carbocycles. The molecule has 1 saturated heterocycles. The lowest BCUT2D eigenvalue weighted by Crippen LogP contribution is -2.46. The first-order valence-electron chi connectivity index (χ1n) is 10.7. The fourth-order valence-corrected chi connectivity index (χ4v) is 5.34. The molecule has 0 aliphatic carbocycles. The van der Waals surface area contributed by atoms with Gasteiger partial charge in [0.15, 0.2) is 5.65 Å². The van der Waals surface area contributed by atoms with Gasteiger partial charge in [0, 0.05) is 43.6 Å². The van der Waals surface area contributed by atoms with E-state index >= 15 is 0 Å². The smallest absolute Gasteiger partial charge is 0.267 e. The lowest BCUT2D eigenvalue weighted by molar-refractivity contribution is 0.147. The van der Waals surface area contributed by atoms with Crippen molar-refractivity contribution < 1.29 is 0 Å². The molecule has 1 unspecified atom stereocenters. The largest absolute Gasteiger partial charge is 0.352 e. The standard InChI is InChI=1S/C21H27N7OS/c29-20-13-16-15-30-12-7-18(16)25-28(20)11-10-26-8-3-1-5-17(26)14-22-21-24-23-19-6-2-4-9-27(19)21/h2,4,6,9,13,17H,1,3,5,7-8,10-12,14-15H2,(H,22,24). The minimum Gasteiger partial charge on any atom is -0.352 e. The van der Waals surface area contributed by atoms with E-state index in [1.807, 2.05) is 40.6 Å². The molecule has 1 fully saturated rings. The maximum Gasteiger partial charge on any atom is 0.267 e. The third-order valence-electron chi connectivity index (χ3n) is 6.06. The van der Waals surface area contributed by atoms with E-state index in [1.165, 1.54) is 12.8 Å². The van der Waals surface area contributed by atoms with Gasteiger partial charge in [0.25, 0.3) is 5.56 Å². The first-order valence-corrected chi connectivity index (χ1v) is 11.9. The Balaban J connectivity index is 1.24. The molecule has 2 aliphatic heterocycles. The number of hydrogen-bond acceptors (Lipinski definition) is 7. The average Bonchev–Trinajstić information content (AvgIpc) is 3.20. The molecule has 0 saturated carbocycles. The number of anilines is 1. The Kier molecular flexibility index (Phi) is 5.72. The molecular formula is C21H27N7OS. The highest BCUT2D eigenvalue weighted by Gasteiger charge is 2.23. The Hall–Kier alpha value is -2.39. The van der Waals surface area contributed by atoms with Gasteiger partial charge in [0.1, 0.15) is 0 Å². The monoisotopic (exact) mass is 425 g/mol. The lowest BCUT2D eigenvalue weighted by Gasteiger charge is -2.35. The molecular weight excluding hydrogens is 398 g/mol. The van der Waals surface area contributed by atoms with E-state index in [9.17, 15) is 4.79 Å². The minimum atomic E-state index is 0.0258. The molecule has 5 heterocycles. The van der Waals surface area contributed by atoms with Crippen molar-refractivity contribution in [2.45, 2.75) is 44.0 Å². The average molecular weight is 426 g/mol. The van der Waals surface area contributed by atoms with Gasteiger partial charge in [0.2, 0.25) is 5.95 Å². The second-order valence-corrected chi connectivity index (χ2v) is 9.10. The minimum absolute atomic E-state index is 0.0258. The van der Waals surface area contributed by atoms with Crippen LogP contribution in [0.5, 0.6) is 0 Å². The van der Waals surface area contributed by atoms with Crippen molar-refractivity contribution in [1.29, 1.82) is 0 Å². The van der Waals surface area contributed by atoms with E-state index in [2.05, 4.69) is 25.5 Å². The summed E-state index contributed by atoms with van der Waals surface area (Å²) in [5.41, 5.74) is 3.09. The zero-order chi connectivity index (χ0) is 20.3. The summed E-state index contributed by atoms with van der Waals surface area (Å²) >= 11 is 1.88. The number of nitrogens with zero attached hydrogens (tertiary/aromatic N) is 6. The number of likely N-dealkylation sites (tertiary alicyclic amines) is 1. The van der Waals surface area contributed by atoms with Gasteiger partial charge in [-0.3, -0.25) is 14.1 Å². The molecule has 158 valence electrons. The van der Waals surface area contributed by atoms with E-state index in [4.69, 9.17) is 0 Å². The van der Waals surface area contributed by atoms with Crippen LogP contribution in [0.1, 0.15) is 30.5 Å². The number of aromatic nitrogens is 5. The molecule has 3 aromatic rings. The summed E-state index contributed by atoms with van der Waals surface area (Å²) in [6.07, 6.45) is 6.52. The van der Waals surface area contributed by atoms with Crippen LogP contribution in [-0.2, 0) is 18.7 Å². The molecule has 0 spiro atoms. The van der Waals surface area contributed by atoms with Crippen molar-refractivity contribution in [2.75, 3.05) is 30.7 Å². The van der Waals surface area contributed by atoms with Crippen molar-refractivity contribution in [2.24, 2.45) is 0 Å². The van der Waals surface area contributed by atoms with Crippen molar-refractivity contribution in [3.8, 4) is 0 Å². The quantitative estimate of drug-likeness (QED) is 0.647. The molecule has 1 N–H and O–H groups in total. The Bertz CT molecular complexity index is 1080. The highest BCUT2D eigenvalue weighted by Crippen LogP contribution is 2.21. The fourth-order valence-electron chi connectivity index (χ4n) is 4.39. The fraction of sp³-hybridized carbons (Fsp3) is 0.524. The highest BCUT2D eigenvalue weighted by molar-refractivity contribution is 7.98. The zero-order valence-electron chi connectivity index (χ0n) is 17.0. The Morgan fingerprint density at radius 1 is 1.20 bits per heavy atom. The molecule has 3 aromatic heterocycles. The lowest BCUT2D eigenvalue weighted by atomic mass is 10.0. The van der Waals surface area contributed by atoms with Crippen molar-refractivity contribution in [3.05, 3.63) is 52.1 Å². The second kappa shape index (κ2) is 8.77. The van der Waals surface area contributed by atoms with Crippen LogP contribution < -0.4 is 10.9 Å². The van der Waals surface area contributed by atoms with Crippen LogP contribution >= 0.6 is 11.8 Å². The number of fused-ring (bicyclic) bond motifs is 2. The molecule has 30 heavy (non-hydrogen) atoms. The molecule has 0 radical (unpaired) electrons. The van der Waals surface area contributed by atoms with Crippen LogP contribution in [0.2, 0.25) is 0 Å². The van der Waals surface area contributed by atoms with E-state index in [0.717, 1.165) is 66.8 Å². The summed E-state index contributed by atoms with van der Waals surface area (Å²) in [6, 6.07) is 8.11. The van der Waals surface area contributed by atoms with Gasteiger partial charge in [-0.25, -0.2) is 4.68 Å². The third-order valence-corrected chi connectivity index (χ3v) is 7.07. The number of piperidine rings is 1. The van der Waals surface area contributed by atoms with E-state index in [1.54, 1.807) is 10.7 Å². The molecule has 2 aliphatic rings. The molecule has 1 atom stereocenters. The summed E-state index contributed by atoms with van der Waals surface area (Å²) in [5, 5.41) is 16.6. The first-order chi connectivity index (χ1) is 14.8. The number of rotatable bonds is 6. The zero-order valence-corrected chi connectivity index (χ0v) is 17.9. The maximum absolute atomic E-state index is 12.5. The predicted octanol–water partition coefficient (Wildman–Crippen LogP) is 2.04. The van der Waals surface area contributed by atoms with Gasteiger partial charge in [-0.15, -0.1) is 10.2 Å². The van der Waals surface area contributed by atoms with Gasteiger partial charge in [0.05, 0.1) is 12.2 Å². The number of aryl methyl sites for hydroxylation is 1. The topological polar surface area (TPSA) is 80.3 Å². The Morgan fingerprint density at radius 2 is 2.17 bits per heavy atom. The molecule has 0 amide bonds. The molecule has 5 rings (SSSR count). The van der Waals surface area contributed by atoms with E-state index in [-0.39, 0.29) is 5.56 Å². The van der Waals surface area contributed by atoms with Crippen LogP contribution in [0.4, 0.5) is 5.95 Å². The molecule has 9 heteroatoms. The third kappa shape index (κ3) is 4.09. The van der Waals surface area contributed by atoms with Gasteiger partial charge in [-0.2, -0.15) is 16.9 Å². The Morgan fingerprint density at radius 3 is 3.13 bits per heavy atom. The number of thioether (sulfide) groups is 1. The highest BCUT2D eigenvalue weighted by atomic mass is 32.2. The van der Waals surface area contributed by atoms with Crippen LogP contribution in [-0.4, -0.2) is 60.7 Å². The van der Waals surface area contributed by atoms with Crippen LogP contribution in [0, 0.1) is 0 Å². The van der Waals surface area contributed by atoms with Crippen molar-refractivity contribution in [1.82, 2.24) is 29.3 Å². The Labute approximate surface area is 179 Å². The van der Waals surface area contributed by atoms with Gasteiger partial charge in [-0.1, -0.05) is 12.5 Å². The van der Waals surface area contributed by atoms with E-state index < -0.39 is 0 Å². The predicted molar refractivity (Wildman–Crippen MR) is 119 cm³/mol. The number of nitrogens with one attached hydrogen (secondary N) is 1. The summed E-state index contributed by atoms with van der Waals surface area (Å²) in [4.78, 5) is 15.0. The molecule has 8 nitrogen and oxygen atoms in total. The van der Waals surface area contributed by atoms with Gasteiger partial charge >= 0.3 is 0 Å². The van der Waals surface area contributed by atoms with Crippen molar-refractivity contribution in [3.63, 3.8) is 0 Å². The summed E-state index contributed by atoms with van der Waals surface area (Å²) in [7, 11) is 0. The van der Waals surface area contributed by atoms with Crippen LogP contribution in [0.25, 0.3) is 5.65 Å². The first kappa shape index (κ1) is 19.6. The summed E-state index contributed by atoms with van der Waals surface area (Å²) < 4.78 is 3.64. The van der Waals surface area contributed by atoms with E-state index in [0.29, 0.717) is 12.6 Å². The summed E-state index contributed by atoms with van der Waals surface area (Å²) in [6.45, 7) is 3.36. The van der Waals surface area contributed by atoms with Crippen LogP contribution in [0.15, 0.2) is 35.3 Å². The van der Waals surface area contributed by atoms with Gasteiger partial charge < -0.3 is 5.32 Å². The number of hydrogen-bond donors (Lipinski definition) is 1. The van der Waals surface area contributed by atoms with Crippen molar-refractivity contribution >= 4 is 23.4 Å². The number of pyridine rings is 1. The molecule has 0 bridgehead atoms. The maximum atomic E-state index is 12.5. The second-order valence-electron chi connectivity index (χ2n) is 8.00. The van der Waals surface area contributed by atoms with Crippen LogP contribution in [0.3, 0.4) is 0 Å². The normalized spacial score (nSPS) is 19.7. The SMILES string of the molecule is O=c1cc2c(nn1CCN1CCCCC1CNc1nnc3ccccn13)CCSC2. The summed E-state index contributed by atoms with van der Waals surface area (Å²) in [5.74, 6) is 2.78.